The van der Waals surface area contributed by atoms with Crippen LogP contribution in [-0.4, -0.2) is 72.2 Å². The number of amides is 3. The van der Waals surface area contributed by atoms with Gasteiger partial charge in [-0.3, -0.25) is 14.4 Å². The molecule has 1 aliphatic heterocycles. The summed E-state index contributed by atoms with van der Waals surface area (Å²) in [5.41, 5.74) is 0. The third-order valence-electron chi connectivity index (χ3n) is 4.90. The topological polar surface area (TPSA) is 60.9 Å². The third-order valence-corrected chi connectivity index (χ3v) is 6.51. The van der Waals surface area contributed by atoms with Gasteiger partial charge in [0, 0.05) is 39.1 Å². The number of rotatable bonds is 4. The molecule has 0 spiro atoms. The highest BCUT2D eigenvalue weighted by Gasteiger charge is 2.32. The van der Waals surface area contributed by atoms with Crippen molar-refractivity contribution >= 4 is 45.0 Å². The third kappa shape index (κ3) is 4.23. The number of hydrogen-bond donors (Lipinski definition) is 0. The zero-order valence-electron chi connectivity index (χ0n) is 14.2. The van der Waals surface area contributed by atoms with E-state index in [-0.39, 0.29) is 30.2 Å². The number of carbonyl (C=O) groups is 3. The van der Waals surface area contributed by atoms with Crippen molar-refractivity contribution < 1.29 is 14.4 Å². The number of hydrogen-bond acceptors (Lipinski definition) is 4. The van der Waals surface area contributed by atoms with Crippen molar-refractivity contribution in [3.05, 3.63) is 20.8 Å². The van der Waals surface area contributed by atoms with Crippen LogP contribution < -0.4 is 0 Å². The van der Waals surface area contributed by atoms with Crippen LogP contribution in [-0.2, 0) is 9.59 Å². The van der Waals surface area contributed by atoms with E-state index in [1.807, 2.05) is 11.0 Å². The van der Waals surface area contributed by atoms with E-state index in [2.05, 4.69) is 15.9 Å². The van der Waals surface area contributed by atoms with E-state index >= 15 is 0 Å². The van der Waals surface area contributed by atoms with Gasteiger partial charge >= 0.3 is 0 Å². The quantitative estimate of drug-likeness (QED) is 0.738. The Kier molecular flexibility index (Phi) is 5.78. The van der Waals surface area contributed by atoms with Crippen molar-refractivity contribution in [1.82, 2.24) is 14.7 Å². The van der Waals surface area contributed by atoms with Crippen LogP contribution in [0.3, 0.4) is 0 Å². The van der Waals surface area contributed by atoms with Gasteiger partial charge < -0.3 is 14.7 Å². The molecule has 1 saturated carbocycles. The number of nitrogens with zero attached hydrogens (tertiary/aromatic N) is 3. The second-order valence-electron chi connectivity index (χ2n) is 6.60. The van der Waals surface area contributed by atoms with Crippen LogP contribution >= 0.6 is 27.3 Å². The van der Waals surface area contributed by atoms with Crippen molar-refractivity contribution in [2.45, 2.75) is 19.3 Å². The van der Waals surface area contributed by atoms with Gasteiger partial charge in [-0.15, -0.1) is 11.3 Å². The Balaban J connectivity index is 1.47. The van der Waals surface area contributed by atoms with Crippen molar-refractivity contribution in [3.63, 3.8) is 0 Å². The van der Waals surface area contributed by atoms with Crippen LogP contribution in [0.1, 0.15) is 28.9 Å². The Bertz CT molecular complexity index is 666. The van der Waals surface area contributed by atoms with Gasteiger partial charge in [0.15, 0.2) is 0 Å². The number of carbonyl (C=O) groups excluding carboxylic acids is 3. The molecule has 0 bridgehead atoms. The summed E-state index contributed by atoms with van der Waals surface area (Å²) in [4.78, 5) is 42.7. The van der Waals surface area contributed by atoms with Gasteiger partial charge in [-0.25, -0.2) is 0 Å². The molecule has 8 heteroatoms. The predicted octanol–water partition coefficient (Wildman–Crippen LogP) is 2.05. The summed E-state index contributed by atoms with van der Waals surface area (Å²) in [7, 11) is 1.64. The van der Waals surface area contributed by atoms with Gasteiger partial charge in [0.25, 0.3) is 5.91 Å². The maximum Gasteiger partial charge on any atom is 0.264 e. The Morgan fingerprint density at radius 3 is 2.32 bits per heavy atom. The Labute approximate surface area is 159 Å². The standard InChI is InChI=1S/C17H22BrN3O3S/c1-19(17(24)13-5-6-14(18)25-13)11-15(22)20-7-9-21(10-8-20)16(23)12-3-2-4-12/h5-6,12H,2-4,7-11H2,1H3. The maximum atomic E-state index is 12.4. The molecule has 0 unspecified atom stereocenters. The molecule has 2 heterocycles. The highest BCUT2D eigenvalue weighted by atomic mass is 79.9. The van der Waals surface area contributed by atoms with E-state index in [1.165, 1.54) is 16.2 Å². The van der Waals surface area contributed by atoms with Gasteiger partial charge in [-0.1, -0.05) is 6.42 Å². The normalized spacial score (nSPS) is 18.0. The summed E-state index contributed by atoms with van der Waals surface area (Å²) in [6.07, 6.45) is 3.16. The molecule has 1 saturated heterocycles. The van der Waals surface area contributed by atoms with Crippen LogP contribution in [0, 0.1) is 5.92 Å². The van der Waals surface area contributed by atoms with Gasteiger partial charge in [-0.2, -0.15) is 0 Å². The molecular formula is C17H22BrN3O3S. The average molecular weight is 428 g/mol. The lowest BCUT2D eigenvalue weighted by atomic mass is 9.84. The molecule has 1 aromatic heterocycles. The van der Waals surface area contributed by atoms with Gasteiger partial charge in [0.2, 0.25) is 11.8 Å². The van der Waals surface area contributed by atoms with E-state index < -0.39 is 0 Å². The van der Waals surface area contributed by atoms with Crippen LogP contribution in [0.25, 0.3) is 0 Å². The summed E-state index contributed by atoms with van der Waals surface area (Å²) in [6, 6.07) is 3.58. The number of likely N-dealkylation sites (N-methyl/N-ethyl adjacent to an activating group) is 1. The van der Waals surface area contributed by atoms with E-state index in [0.717, 1.165) is 23.0 Å². The van der Waals surface area contributed by atoms with E-state index in [1.54, 1.807) is 18.0 Å². The second-order valence-corrected chi connectivity index (χ2v) is 9.06. The molecule has 2 aliphatic rings. The van der Waals surface area contributed by atoms with E-state index in [0.29, 0.717) is 31.1 Å². The van der Waals surface area contributed by atoms with Crippen molar-refractivity contribution in [3.8, 4) is 0 Å². The van der Waals surface area contributed by atoms with Crippen LogP contribution in [0.15, 0.2) is 15.9 Å². The van der Waals surface area contributed by atoms with Crippen molar-refractivity contribution in [2.75, 3.05) is 39.8 Å². The minimum absolute atomic E-state index is 0.0604. The molecule has 6 nitrogen and oxygen atoms in total. The predicted molar refractivity (Wildman–Crippen MR) is 99.5 cm³/mol. The molecule has 25 heavy (non-hydrogen) atoms. The molecule has 1 aliphatic carbocycles. The molecule has 0 radical (unpaired) electrons. The SMILES string of the molecule is CN(CC(=O)N1CCN(C(=O)C2CCC2)CC1)C(=O)c1ccc(Br)s1. The average Bonchev–Trinajstić information content (AvgIpc) is 2.99. The summed E-state index contributed by atoms with van der Waals surface area (Å²) in [6.45, 7) is 2.34. The molecule has 136 valence electrons. The second kappa shape index (κ2) is 7.86. The molecule has 1 aromatic rings. The lowest BCUT2D eigenvalue weighted by Gasteiger charge is -2.38. The van der Waals surface area contributed by atoms with Crippen LogP contribution in [0.4, 0.5) is 0 Å². The van der Waals surface area contributed by atoms with Gasteiger partial charge in [-0.05, 0) is 40.9 Å². The Hall–Kier alpha value is -1.41. The largest absolute Gasteiger partial charge is 0.339 e. The Morgan fingerprint density at radius 1 is 1.16 bits per heavy atom. The van der Waals surface area contributed by atoms with Crippen molar-refractivity contribution in [2.24, 2.45) is 5.92 Å². The monoisotopic (exact) mass is 427 g/mol. The van der Waals surface area contributed by atoms with Gasteiger partial charge in [0.1, 0.15) is 0 Å². The Morgan fingerprint density at radius 2 is 1.80 bits per heavy atom. The molecule has 0 aromatic carbocycles. The molecular weight excluding hydrogens is 406 g/mol. The number of thiophene rings is 1. The minimum atomic E-state index is -0.150. The zero-order valence-corrected chi connectivity index (χ0v) is 16.6. The first kappa shape index (κ1) is 18.4. The smallest absolute Gasteiger partial charge is 0.264 e. The first-order chi connectivity index (χ1) is 12.0. The first-order valence-corrected chi connectivity index (χ1v) is 10.1. The first-order valence-electron chi connectivity index (χ1n) is 8.53. The zero-order chi connectivity index (χ0) is 18.0. The molecule has 0 atom stereocenters. The highest BCUT2D eigenvalue weighted by Crippen LogP contribution is 2.28. The van der Waals surface area contributed by atoms with E-state index in [4.69, 9.17) is 0 Å². The molecule has 3 rings (SSSR count). The molecule has 3 amide bonds. The lowest BCUT2D eigenvalue weighted by Crippen LogP contribution is -2.54. The summed E-state index contributed by atoms with van der Waals surface area (Å²) in [5.74, 6) is 0.232. The highest BCUT2D eigenvalue weighted by molar-refractivity contribution is 9.11. The summed E-state index contributed by atoms with van der Waals surface area (Å²) < 4.78 is 0.892. The fourth-order valence-electron chi connectivity index (χ4n) is 3.08. The van der Waals surface area contributed by atoms with Crippen molar-refractivity contribution in [1.29, 1.82) is 0 Å². The molecule has 2 fully saturated rings. The van der Waals surface area contributed by atoms with Crippen LogP contribution in [0.2, 0.25) is 0 Å². The lowest BCUT2D eigenvalue weighted by molar-refractivity contribution is -0.144. The van der Waals surface area contributed by atoms with Gasteiger partial charge in [0.05, 0.1) is 15.2 Å². The minimum Gasteiger partial charge on any atom is -0.339 e. The fourth-order valence-corrected chi connectivity index (χ4v) is 4.46. The number of piperazine rings is 1. The van der Waals surface area contributed by atoms with Crippen LogP contribution in [0.5, 0.6) is 0 Å². The molecule has 0 N–H and O–H groups in total. The maximum absolute atomic E-state index is 12.4. The summed E-state index contributed by atoms with van der Waals surface area (Å²) >= 11 is 4.70. The fraction of sp³-hybridized carbons (Fsp3) is 0.588. The van der Waals surface area contributed by atoms with E-state index in [9.17, 15) is 14.4 Å². The number of halogens is 1. The summed E-state index contributed by atoms with van der Waals surface area (Å²) in [5, 5.41) is 0.